The second-order valence-corrected chi connectivity index (χ2v) is 16.5. The zero-order valence-electron chi connectivity index (χ0n) is 22.0. The van der Waals surface area contributed by atoms with Gasteiger partial charge in [0.05, 0.1) is 18.3 Å². The summed E-state index contributed by atoms with van der Waals surface area (Å²) in [6.07, 6.45) is 4.29. The molecule has 2 aromatic carbocycles. The molecule has 6 atom stereocenters. The highest BCUT2D eigenvalue weighted by Gasteiger charge is 2.68. The fourth-order valence-electron chi connectivity index (χ4n) is 7.73. The van der Waals surface area contributed by atoms with Crippen molar-refractivity contribution in [3.8, 4) is 0 Å². The molecule has 190 valence electrons. The Balaban J connectivity index is 1.60. The Bertz CT molecular complexity index is 961. The Hall–Kier alpha value is -1.50. The summed E-state index contributed by atoms with van der Waals surface area (Å²) >= 11 is 0. The number of hydrogen-bond acceptors (Lipinski definition) is 4. The molecule has 3 aliphatic rings. The summed E-state index contributed by atoms with van der Waals surface area (Å²) < 4.78 is 19.4. The zero-order valence-corrected chi connectivity index (χ0v) is 23.0. The molecular formula is C30H42O4Si. The lowest BCUT2D eigenvalue weighted by atomic mass is 9.55. The van der Waals surface area contributed by atoms with Crippen LogP contribution >= 0.6 is 0 Å². The van der Waals surface area contributed by atoms with Gasteiger partial charge in [0, 0.05) is 18.4 Å². The Kier molecular flexibility index (Phi) is 6.55. The van der Waals surface area contributed by atoms with Crippen LogP contribution in [-0.2, 0) is 13.9 Å². The fraction of sp³-hybridized carbons (Fsp3) is 0.600. The molecule has 0 unspecified atom stereocenters. The van der Waals surface area contributed by atoms with Gasteiger partial charge >= 0.3 is 0 Å². The zero-order chi connectivity index (χ0) is 24.9. The van der Waals surface area contributed by atoms with Crippen LogP contribution in [0.1, 0.15) is 59.8 Å². The molecule has 2 aromatic rings. The van der Waals surface area contributed by atoms with Crippen molar-refractivity contribution in [1.82, 2.24) is 0 Å². The van der Waals surface area contributed by atoms with Crippen LogP contribution < -0.4 is 10.4 Å². The first-order valence-corrected chi connectivity index (χ1v) is 15.2. The van der Waals surface area contributed by atoms with Crippen molar-refractivity contribution in [2.24, 2.45) is 17.3 Å². The molecule has 2 aliphatic carbocycles. The summed E-state index contributed by atoms with van der Waals surface area (Å²) in [7, 11) is -0.997. The number of aliphatic hydroxyl groups is 1. The standard InChI is InChI=1S/C30H42O4Si/c1-28(2,3)35(23-12-8-6-9-13-23,24-14-10-7-11-15-24)34-25-17-20-30(31)26-22(16-19-29(25,30)4)18-21-33-27(26)32-5/h6-15,22,25-27,31H,16-21H2,1-5H3/t22-,25-,26+,27-,29+,30-/m1/s1. The summed E-state index contributed by atoms with van der Waals surface area (Å²) in [5, 5.41) is 15.0. The maximum atomic E-state index is 12.5. The second-order valence-electron chi connectivity index (χ2n) is 12.2. The van der Waals surface area contributed by atoms with Crippen LogP contribution in [0.3, 0.4) is 0 Å². The Labute approximate surface area is 212 Å². The predicted molar refractivity (Wildman–Crippen MR) is 142 cm³/mol. The number of ether oxygens (including phenoxy) is 2. The second kappa shape index (κ2) is 9.11. The van der Waals surface area contributed by atoms with E-state index in [1.54, 1.807) is 7.11 Å². The fourth-order valence-corrected chi connectivity index (χ4v) is 12.6. The molecule has 5 heteroatoms. The smallest absolute Gasteiger partial charge is 0.261 e. The normalized spacial score (nSPS) is 35.4. The van der Waals surface area contributed by atoms with E-state index in [9.17, 15) is 5.11 Å². The number of fused-ring (bicyclic) bond motifs is 3. The van der Waals surface area contributed by atoms with E-state index in [2.05, 4.69) is 88.4 Å². The molecule has 3 fully saturated rings. The molecule has 0 bridgehead atoms. The largest absolute Gasteiger partial charge is 0.404 e. The van der Waals surface area contributed by atoms with Crippen molar-refractivity contribution in [3.05, 3.63) is 60.7 Å². The van der Waals surface area contributed by atoms with Gasteiger partial charge in [-0.25, -0.2) is 0 Å². The maximum Gasteiger partial charge on any atom is 0.261 e. The number of rotatable bonds is 5. The summed E-state index contributed by atoms with van der Waals surface area (Å²) in [4.78, 5) is 0. The first-order valence-electron chi connectivity index (χ1n) is 13.3. The lowest BCUT2D eigenvalue weighted by Gasteiger charge is -2.58. The van der Waals surface area contributed by atoms with Crippen LogP contribution in [0.15, 0.2) is 60.7 Å². The summed E-state index contributed by atoms with van der Waals surface area (Å²) in [6.45, 7) is 9.98. The third-order valence-corrected chi connectivity index (χ3v) is 14.7. The number of benzene rings is 2. The lowest BCUT2D eigenvalue weighted by Crippen LogP contribution is -2.70. The first-order chi connectivity index (χ1) is 16.7. The molecule has 1 saturated heterocycles. The summed E-state index contributed by atoms with van der Waals surface area (Å²) in [5.74, 6) is 0.436. The van der Waals surface area contributed by atoms with E-state index in [1.165, 1.54) is 10.4 Å². The Morgan fingerprint density at radius 3 is 2.06 bits per heavy atom. The van der Waals surface area contributed by atoms with Crippen LogP contribution in [0.2, 0.25) is 5.04 Å². The van der Waals surface area contributed by atoms with E-state index in [0.29, 0.717) is 12.5 Å². The quantitative estimate of drug-likeness (QED) is 0.602. The van der Waals surface area contributed by atoms with Crippen LogP contribution in [0.25, 0.3) is 0 Å². The van der Waals surface area contributed by atoms with Crippen molar-refractivity contribution < 1.29 is 19.0 Å². The Morgan fingerprint density at radius 1 is 0.914 bits per heavy atom. The van der Waals surface area contributed by atoms with E-state index in [0.717, 1.165) is 32.1 Å². The van der Waals surface area contributed by atoms with Crippen molar-refractivity contribution in [3.63, 3.8) is 0 Å². The lowest BCUT2D eigenvalue weighted by molar-refractivity contribution is -0.279. The minimum Gasteiger partial charge on any atom is -0.404 e. The third-order valence-electron chi connectivity index (χ3n) is 9.61. The van der Waals surface area contributed by atoms with Gasteiger partial charge < -0.3 is 19.0 Å². The van der Waals surface area contributed by atoms with Crippen molar-refractivity contribution >= 4 is 18.7 Å². The molecule has 1 N–H and O–H groups in total. The molecule has 2 saturated carbocycles. The minimum atomic E-state index is -2.71. The highest BCUT2D eigenvalue weighted by atomic mass is 28.4. The predicted octanol–water partition coefficient (Wildman–Crippen LogP) is 4.88. The molecule has 1 heterocycles. The van der Waals surface area contributed by atoms with Gasteiger partial charge in [0.15, 0.2) is 6.29 Å². The van der Waals surface area contributed by atoms with E-state index in [-0.39, 0.29) is 28.8 Å². The molecule has 35 heavy (non-hydrogen) atoms. The van der Waals surface area contributed by atoms with E-state index in [4.69, 9.17) is 13.9 Å². The summed E-state index contributed by atoms with van der Waals surface area (Å²) in [6, 6.07) is 21.7. The number of hydrogen-bond donors (Lipinski definition) is 1. The molecule has 0 aromatic heterocycles. The van der Waals surface area contributed by atoms with Gasteiger partial charge in [-0.2, -0.15) is 0 Å². The van der Waals surface area contributed by atoms with Crippen molar-refractivity contribution in [2.45, 2.75) is 82.8 Å². The van der Waals surface area contributed by atoms with E-state index >= 15 is 0 Å². The SMILES string of the molecule is CO[C@@H]1OCC[C@H]2CC[C@@]3(C)[C@H](O[Si](c4ccccc4)(c4ccccc4)C(C)(C)C)CC[C@@]3(O)[C@@H]21. The van der Waals surface area contributed by atoms with E-state index in [1.807, 2.05) is 0 Å². The van der Waals surface area contributed by atoms with Crippen LogP contribution in [0, 0.1) is 17.3 Å². The molecule has 5 rings (SSSR count). The molecule has 1 aliphatic heterocycles. The average molecular weight is 495 g/mol. The van der Waals surface area contributed by atoms with Gasteiger partial charge in [-0.15, -0.1) is 0 Å². The molecule has 0 radical (unpaired) electrons. The van der Waals surface area contributed by atoms with Crippen molar-refractivity contribution in [2.75, 3.05) is 13.7 Å². The summed E-state index contributed by atoms with van der Waals surface area (Å²) in [5.41, 5.74) is -1.20. The van der Waals surface area contributed by atoms with Gasteiger partial charge in [0.25, 0.3) is 8.32 Å². The van der Waals surface area contributed by atoms with Gasteiger partial charge in [0.1, 0.15) is 0 Å². The minimum absolute atomic E-state index is 0.00671. The third kappa shape index (κ3) is 3.77. The van der Waals surface area contributed by atoms with Crippen molar-refractivity contribution in [1.29, 1.82) is 0 Å². The van der Waals surface area contributed by atoms with Crippen LogP contribution in [0.4, 0.5) is 0 Å². The average Bonchev–Trinajstić information content (AvgIpc) is 3.13. The highest BCUT2D eigenvalue weighted by molar-refractivity contribution is 6.99. The van der Waals surface area contributed by atoms with Crippen LogP contribution in [0.5, 0.6) is 0 Å². The maximum absolute atomic E-state index is 12.5. The van der Waals surface area contributed by atoms with E-state index < -0.39 is 13.9 Å². The molecule has 0 amide bonds. The molecule has 4 nitrogen and oxygen atoms in total. The first kappa shape index (κ1) is 25.2. The monoisotopic (exact) mass is 494 g/mol. The van der Waals surface area contributed by atoms with Gasteiger partial charge in [-0.05, 0) is 53.4 Å². The highest BCUT2D eigenvalue weighted by Crippen LogP contribution is 2.62. The Morgan fingerprint density at radius 2 is 1.51 bits per heavy atom. The van der Waals surface area contributed by atoms with Gasteiger partial charge in [0.2, 0.25) is 0 Å². The molecular weight excluding hydrogens is 452 g/mol. The van der Waals surface area contributed by atoms with Gasteiger partial charge in [-0.1, -0.05) is 88.4 Å². The molecule has 0 spiro atoms. The number of methoxy groups -OCH3 is 1. The van der Waals surface area contributed by atoms with Gasteiger partial charge in [-0.3, -0.25) is 0 Å². The van der Waals surface area contributed by atoms with Crippen LogP contribution in [-0.4, -0.2) is 45.1 Å². The topological polar surface area (TPSA) is 47.9 Å².